The van der Waals surface area contributed by atoms with Gasteiger partial charge in [-0.2, -0.15) is 0 Å². The zero-order valence-electron chi connectivity index (χ0n) is 18.6. The molecule has 0 saturated heterocycles. The molecule has 168 valence electrons. The zero-order valence-corrected chi connectivity index (χ0v) is 20.2. The highest BCUT2D eigenvalue weighted by atomic mass is 35.5. The van der Waals surface area contributed by atoms with Crippen molar-refractivity contribution in [2.24, 2.45) is 39.8 Å². The van der Waals surface area contributed by atoms with E-state index in [0.717, 1.165) is 47.9 Å². The number of rotatable bonds is 6. The molecule has 1 aromatic carbocycles. The van der Waals surface area contributed by atoms with Gasteiger partial charge in [-0.05, 0) is 105 Å². The fraction of sp³-hybridized carbons (Fsp3) is 0.704. The summed E-state index contributed by atoms with van der Waals surface area (Å²) in [5.41, 5.74) is 8.05. The second kappa shape index (κ2) is 8.88. The van der Waals surface area contributed by atoms with Crippen LogP contribution in [-0.2, 0) is 5.41 Å². The molecule has 5 fully saturated rings. The van der Waals surface area contributed by atoms with Gasteiger partial charge in [-0.15, -0.1) is 11.6 Å². The minimum absolute atomic E-state index is 0.121. The van der Waals surface area contributed by atoms with Gasteiger partial charge in [-0.25, -0.2) is 0 Å². The molecule has 0 radical (unpaired) electrons. The van der Waals surface area contributed by atoms with Crippen molar-refractivity contribution in [3.63, 3.8) is 0 Å². The third-order valence-corrected chi connectivity index (χ3v) is 10.0. The quantitative estimate of drug-likeness (QED) is 0.294. The number of nitrogens with zero attached hydrogens (tertiary/aromatic N) is 1. The van der Waals surface area contributed by atoms with Crippen LogP contribution in [0.1, 0.15) is 76.2 Å². The Bertz CT molecular complexity index is 798. The summed E-state index contributed by atoms with van der Waals surface area (Å²) in [6.07, 6.45) is 15.6. The third-order valence-electron chi connectivity index (χ3n) is 9.23. The number of alkyl halides is 1. The predicted octanol–water partition coefficient (Wildman–Crippen LogP) is 6.69. The fourth-order valence-electron chi connectivity index (χ4n) is 8.01. The monoisotopic (exact) mass is 456 g/mol. The predicted molar refractivity (Wildman–Crippen MR) is 135 cm³/mol. The maximum Gasteiger partial charge on any atom is 0.109 e. The molecule has 0 spiro atoms. The molecular formula is C27H37ClN2S. The Hall–Kier alpha value is -0.770. The minimum Gasteiger partial charge on any atom is -0.328 e. The Kier molecular flexibility index (Phi) is 6.31. The van der Waals surface area contributed by atoms with Crippen LogP contribution in [0, 0.1) is 29.1 Å². The SMILES string of the molecule is NC1CCC(C=NC(=S)C23CC4CC(c5ccccc5)(CC(C2)C4CCCCl)C3)CC1. The van der Waals surface area contributed by atoms with E-state index in [-0.39, 0.29) is 5.41 Å². The molecule has 0 heterocycles. The van der Waals surface area contributed by atoms with Gasteiger partial charge in [-0.1, -0.05) is 42.5 Å². The highest BCUT2D eigenvalue weighted by Gasteiger charge is 2.62. The lowest BCUT2D eigenvalue weighted by Gasteiger charge is -2.65. The first-order valence-electron chi connectivity index (χ1n) is 12.5. The van der Waals surface area contributed by atoms with Crippen LogP contribution in [0.4, 0.5) is 0 Å². The van der Waals surface area contributed by atoms with Gasteiger partial charge in [0.1, 0.15) is 4.99 Å². The summed E-state index contributed by atoms with van der Waals surface area (Å²) in [6, 6.07) is 11.7. The number of thiocarbonyl (C=S) groups is 1. The number of aliphatic imine (C=N–C) groups is 1. The molecule has 5 aliphatic rings. The first kappa shape index (κ1) is 22.0. The highest BCUT2D eigenvalue weighted by Crippen LogP contribution is 2.68. The molecule has 0 amide bonds. The van der Waals surface area contributed by atoms with E-state index in [4.69, 9.17) is 34.5 Å². The van der Waals surface area contributed by atoms with E-state index in [9.17, 15) is 0 Å². The molecule has 0 aromatic heterocycles. The average Bonchev–Trinajstić information content (AvgIpc) is 2.78. The summed E-state index contributed by atoms with van der Waals surface area (Å²) < 4.78 is 0. The summed E-state index contributed by atoms with van der Waals surface area (Å²) in [5.74, 6) is 3.72. The number of benzene rings is 1. The lowest BCUT2D eigenvalue weighted by molar-refractivity contribution is -0.0829. The number of nitrogens with two attached hydrogens (primary N) is 1. The summed E-state index contributed by atoms with van der Waals surface area (Å²) in [5, 5.41) is 0. The van der Waals surface area contributed by atoms with Crippen LogP contribution in [0.15, 0.2) is 35.3 Å². The van der Waals surface area contributed by atoms with Gasteiger partial charge in [0, 0.05) is 23.6 Å². The molecule has 5 aliphatic carbocycles. The molecule has 2 unspecified atom stereocenters. The first-order chi connectivity index (χ1) is 15.0. The van der Waals surface area contributed by atoms with Crippen molar-refractivity contribution >= 4 is 35.0 Å². The Morgan fingerprint density at radius 3 is 2.39 bits per heavy atom. The molecule has 2 nitrogen and oxygen atoms in total. The van der Waals surface area contributed by atoms with Crippen molar-refractivity contribution in [3.8, 4) is 0 Å². The van der Waals surface area contributed by atoms with Crippen LogP contribution >= 0.6 is 23.8 Å². The van der Waals surface area contributed by atoms with Crippen molar-refractivity contribution in [1.82, 2.24) is 0 Å². The highest BCUT2D eigenvalue weighted by molar-refractivity contribution is 7.80. The lowest BCUT2D eigenvalue weighted by Crippen LogP contribution is -2.59. The van der Waals surface area contributed by atoms with Gasteiger partial charge in [0.25, 0.3) is 0 Å². The number of hydrogen-bond acceptors (Lipinski definition) is 2. The van der Waals surface area contributed by atoms with Crippen molar-refractivity contribution in [3.05, 3.63) is 35.9 Å². The van der Waals surface area contributed by atoms with Gasteiger partial charge < -0.3 is 5.73 Å². The summed E-state index contributed by atoms with van der Waals surface area (Å²) in [4.78, 5) is 6.03. The Balaban J connectivity index is 1.40. The smallest absolute Gasteiger partial charge is 0.109 e. The molecular weight excluding hydrogens is 420 g/mol. The van der Waals surface area contributed by atoms with Crippen LogP contribution in [0.2, 0.25) is 0 Å². The van der Waals surface area contributed by atoms with E-state index >= 15 is 0 Å². The van der Waals surface area contributed by atoms with E-state index in [1.807, 2.05) is 0 Å². The van der Waals surface area contributed by atoms with Gasteiger partial charge in [0.05, 0.1) is 0 Å². The van der Waals surface area contributed by atoms with E-state index in [0.29, 0.717) is 17.4 Å². The normalized spacial score (nSPS) is 41.7. The zero-order chi connectivity index (χ0) is 21.5. The summed E-state index contributed by atoms with van der Waals surface area (Å²) in [7, 11) is 0. The summed E-state index contributed by atoms with van der Waals surface area (Å²) >= 11 is 12.2. The van der Waals surface area contributed by atoms with Crippen LogP contribution in [-0.4, -0.2) is 23.1 Å². The molecule has 4 bridgehead atoms. The maximum absolute atomic E-state index is 6.12. The largest absolute Gasteiger partial charge is 0.328 e. The standard InChI is InChI=1S/C27H37ClN2S/c28-12-4-7-24-20-13-26(22-5-2-1-3-6-22)14-21(24)16-27(15-20,18-26)25(31)30-17-19-8-10-23(29)11-9-19/h1-3,5-6,17,19-21,23-24H,4,7-16,18,29H2. The van der Waals surface area contributed by atoms with Gasteiger partial charge in [-0.3, -0.25) is 4.99 Å². The van der Waals surface area contributed by atoms with Crippen molar-refractivity contribution < 1.29 is 0 Å². The second-order valence-electron chi connectivity index (χ2n) is 11.2. The van der Waals surface area contributed by atoms with Crippen molar-refractivity contribution in [2.75, 3.05) is 5.88 Å². The Labute approximate surface area is 198 Å². The van der Waals surface area contributed by atoms with E-state index < -0.39 is 0 Å². The fourth-order valence-corrected chi connectivity index (χ4v) is 8.47. The van der Waals surface area contributed by atoms with Crippen molar-refractivity contribution in [2.45, 2.75) is 82.1 Å². The van der Waals surface area contributed by atoms with Crippen LogP contribution in [0.25, 0.3) is 0 Å². The van der Waals surface area contributed by atoms with E-state index in [1.165, 1.54) is 56.9 Å². The van der Waals surface area contributed by atoms with Crippen molar-refractivity contribution in [1.29, 1.82) is 0 Å². The second-order valence-corrected chi connectivity index (χ2v) is 12.0. The van der Waals surface area contributed by atoms with E-state index in [2.05, 4.69) is 36.5 Å². The molecule has 1 aromatic rings. The molecule has 4 heteroatoms. The van der Waals surface area contributed by atoms with Crippen LogP contribution in [0.5, 0.6) is 0 Å². The first-order valence-corrected chi connectivity index (χ1v) is 13.4. The van der Waals surface area contributed by atoms with Gasteiger partial charge in [0.2, 0.25) is 0 Å². The molecule has 2 atom stereocenters. The number of hydrogen-bond donors (Lipinski definition) is 1. The Morgan fingerprint density at radius 2 is 1.74 bits per heavy atom. The lowest BCUT2D eigenvalue weighted by atomic mass is 9.40. The van der Waals surface area contributed by atoms with Crippen LogP contribution < -0.4 is 5.73 Å². The number of halogens is 1. The van der Waals surface area contributed by atoms with Gasteiger partial charge in [0.15, 0.2) is 0 Å². The third kappa shape index (κ3) is 4.15. The average molecular weight is 457 g/mol. The van der Waals surface area contributed by atoms with Gasteiger partial charge >= 0.3 is 0 Å². The maximum atomic E-state index is 6.12. The van der Waals surface area contributed by atoms with Crippen LogP contribution in [0.3, 0.4) is 0 Å². The molecule has 0 aliphatic heterocycles. The minimum atomic E-state index is 0.121. The molecule has 2 N–H and O–H groups in total. The molecule has 5 saturated carbocycles. The molecule has 6 rings (SSSR count). The summed E-state index contributed by atoms with van der Waals surface area (Å²) in [6.45, 7) is 0. The topological polar surface area (TPSA) is 38.4 Å². The molecule has 31 heavy (non-hydrogen) atoms. The Morgan fingerprint density at radius 1 is 1.06 bits per heavy atom. The van der Waals surface area contributed by atoms with E-state index in [1.54, 1.807) is 0 Å².